The van der Waals surface area contributed by atoms with Gasteiger partial charge in [-0.25, -0.2) is 9.78 Å². The van der Waals surface area contributed by atoms with Gasteiger partial charge in [-0.15, -0.1) is 0 Å². The molecule has 8 heteroatoms. The highest BCUT2D eigenvalue weighted by atomic mass is 79.9. The number of amides is 1. The van der Waals surface area contributed by atoms with E-state index in [0.717, 1.165) is 23.2 Å². The van der Waals surface area contributed by atoms with Crippen LogP contribution >= 0.6 is 15.9 Å². The van der Waals surface area contributed by atoms with E-state index >= 15 is 0 Å². The number of carboxylic acid groups (broad SMARTS) is 1. The first-order valence-electron chi connectivity index (χ1n) is 9.86. The number of hydrogen-bond acceptors (Lipinski definition) is 5. The summed E-state index contributed by atoms with van der Waals surface area (Å²) >= 11 is 3.33. The van der Waals surface area contributed by atoms with Crippen molar-refractivity contribution in [3.05, 3.63) is 82.5 Å². The van der Waals surface area contributed by atoms with Crippen LogP contribution in [0, 0.1) is 0 Å². The molecule has 1 fully saturated rings. The number of halogens is 1. The summed E-state index contributed by atoms with van der Waals surface area (Å²) in [6, 6.07) is 18.5. The van der Waals surface area contributed by atoms with E-state index in [1.54, 1.807) is 24.3 Å². The normalized spacial score (nSPS) is 13.7. The molecule has 4 rings (SSSR count). The average Bonchev–Trinajstić information content (AvgIpc) is 2.80. The topological polar surface area (TPSA) is 85.8 Å². The third-order valence-electron chi connectivity index (χ3n) is 5.16. The first-order chi connectivity index (χ1) is 15.0. The summed E-state index contributed by atoms with van der Waals surface area (Å²) in [5, 5.41) is 12.5. The van der Waals surface area contributed by atoms with E-state index < -0.39 is 5.97 Å². The number of piperazine rings is 1. The van der Waals surface area contributed by atoms with E-state index in [2.05, 4.69) is 43.3 Å². The Morgan fingerprint density at radius 2 is 1.58 bits per heavy atom. The van der Waals surface area contributed by atoms with Crippen LogP contribution in [0.4, 0.5) is 17.2 Å². The lowest BCUT2D eigenvalue weighted by Crippen LogP contribution is -2.47. The summed E-state index contributed by atoms with van der Waals surface area (Å²) in [6.45, 7) is 2.86. The maximum atomic E-state index is 12.4. The summed E-state index contributed by atoms with van der Waals surface area (Å²) < 4.78 is 0.871. The lowest BCUT2D eigenvalue weighted by molar-refractivity contribution is 0.0696. The molecule has 1 aliphatic heterocycles. The molecule has 0 atom stereocenters. The number of rotatable bonds is 5. The summed E-state index contributed by atoms with van der Waals surface area (Å²) in [7, 11) is 0. The van der Waals surface area contributed by atoms with E-state index in [-0.39, 0.29) is 11.5 Å². The minimum Gasteiger partial charge on any atom is -0.478 e. The number of hydrogen-bond donors (Lipinski definition) is 2. The van der Waals surface area contributed by atoms with Gasteiger partial charge in [-0.05, 0) is 42.5 Å². The van der Waals surface area contributed by atoms with Gasteiger partial charge in [0, 0.05) is 41.9 Å². The minimum absolute atomic E-state index is 0.0711. The van der Waals surface area contributed by atoms with E-state index in [1.807, 2.05) is 23.1 Å². The molecule has 1 aliphatic rings. The summed E-state index contributed by atoms with van der Waals surface area (Å²) in [5.41, 5.74) is 2.04. The molecule has 1 aromatic heterocycles. The lowest BCUT2D eigenvalue weighted by Gasteiger charge is -2.37. The van der Waals surface area contributed by atoms with Gasteiger partial charge in [0.05, 0.1) is 11.9 Å². The zero-order chi connectivity index (χ0) is 21.8. The van der Waals surface area contributed by atoms with Crippen LogP contribution in [0.1, 0.15) is 20.7 Å². The highest BCUT2D eigenvalue weighted by molar-refractivity contribution is 9.10. The molecule has 2 aromatic carbocycles. The third kappa shape index (κ3) is 4.86. The van der Waals surface area contributed by atoms with Crippen LogP contribution in [0.25, 0.3) is 0 Å². The van der Waals surface area contributed by atoms with Crippen molar-refractivity contribution in [2.24, 2.45) is 0 Å². The molecule has 1 saturated heterocycles. The Morgan fingerprint density at radius 1 is 0.935 bits per heavy atom. The Hall–Kier alpha value is -3.39. The number of carbonyl (C=O) groups excluding carboxylic acids is 1. The predicted octanol–water partition coefficient (Wildman–Crippen LogP) is 4.12. The van der Waals surface area contributed by atoms with Gasteiger partial charge < -0.3 is 20.2 Å². The smallest absolute Gasteiger partial charge is 0.339 e. The van der Waals surface area contributed by atoms with Crippen LogP contribution in [0.5, 0.6) is 0 Å². The second-order valence-electron chi connectivity index (χ2n) is 7.17. The molecular formula is C23H21BrN4O3. The highest BCUT2D eigenvalue weighted by Crippen LogP contribution is 2.25. The van der Waals surface area contributed by atoms with Crippen molar-refractivity contribution in [1.29, 1.82) is 0 Å². The van der Waals surface area contributed by atoms with Gasteiger partial charge in [0.25, 0.3) is 5.91 Å². The van der Waals surface area contributed by atoms with Gasteiger partial charge in [0.15, 0.2) is 0 Å². The van der Waals surface area contributed by atoms with Gasteiger partial charge >= 0.3 is 5.97 Å². The zero-order valence-electron chi connectivity index (χ0n) is 16.7. The van der Waals surface area contributed by atoms with E-state index in [9.17, 15) is 14.7 Å². The maximum absolute atomic E-state index is 12.4. The quantitative estimate of drug-likeness (QED) is 0.571. The average molecular weight is 481 g/mol. The molecule has 1 amide bonds. The van der Waals surface area contributed by atoms with Crippen LogP contribution in [-0.2, 0) is 0 Å². The Balaban J connectivity index is 1.48. The van der Waals surface area contributed by atoms with E-state index in [4.69, 9.17) is 0 Å². The Morgan fingerprint density at radius 3 is 2.23 bits per heavy atom. The molecule has 0 radical (unpaired) electrons. The molecule has 2 heterocycles. The van der Waals surface area contributed by atoms with Crippen molar-refractivity contribution < 1.29 is 14.7 Å². The standard InChI is InChI=1S/C23H21BrN4O3/c24-17-8-6-16(7-9-17)22(29)26-18-14-20(23(30)31)21(25-15-18)28-12-10-27(11-13-28)19-4-2-1-3-5-19/h1-9,14-15H,10-13H2,(H,26,29)(H,30,31). The number of aromatic carboxylic acids is 1. The first-order valence-corrected chi connectivity index (χ1v) is 10.7. The fourth-order valence-electron chi connectivity index (χ4n) is 3.56. The first kappa shape index (κ1) is 20.9. The molecule has 31 heavy (non-hydrogen) atoms. The second-order valence-corrected chi connectivity index (χ2v) is 8.09. The molecule has 0 bridgehead atoms. The molecule has 0 saturated carbocycles. The molecule has 0 spiro atoms. The van der Waals surface area contributed by atoms with Crippen molar-refractivity contribution >= 4 is 45.0 Å². The number of nitrogens with one attached hydrogen (secondary N) is 1. The molecule has 2 N–H and O–H groups in total. The van der Waals surface area contributed by atoms with Gasteiger partial charge in [0.1, 0.15) is 11.4 Å². The molecule has 7 nitrogen and oxygen atoms in total. The SMILES string of the molecule is O=C(Nc1cnc(N2CCN(c3ccccc3)CC2)c(C(=O)O)c1)c1ccc(Br)cc1. The van der Waals surface area contributed by atoms with Gasteiger partial charge in [-0.2, -0.15) is 0 Å². The summed E-state index contributed by atoms with van der Waals surface area (Å²) in [5.74, 6) is -0.982. The van der Waals surface area contributed by atoms with E-state index in [1.165, 1.54) is 12.3 Å². The number of nitrogens with zero attached hydrogens (tertiary/aromatic N) is 3. The van der Waals surface area contributed by atoms with Crippen LogP contribution in [0.2, 0.25) is 0 Å². The molecular weight excluding hydrogens is 460 g/mol. The largest absolute Gasteiger partial charge is 0.478 e. The summed E-state index contributed by atoms with van der Waals surface area (Å²) in [6.07, 6.45) is 1.50. The monoisotopic (exact) mass is 480 g/mol. The minimum atomic E-state index is -1.08. The molecule has 0 aliphatic carbocycles. The van der Waals surface area contributed by atoms with Gasteiger partial charge in [-0.3, -0.25) is 4.79 Å². The number of para-hydroxylation sites is 1. The number of benzene rings is 2. The number of carboxylic acids is 1. The van der Waals surface area contributed by atoms with Crippen molar-refractivity contribution in [2.45, 2.75) is 0 Å². The highest BCUT2D eigenvalue weighted by Gasteiger charge is 2.23. The second kappa shape index (κ2) is 9.18. The van der Waals surface area contributed by atoms with Gasteiger partial charge in [0.2, 0.25) is 0 Å². The lowest BCUT2D eigenvalue weighted by atomic mass is 10.1. The van der Waals surface area contributed by atoms with Crippen molar-refractivity contribution in [3.8, 4) is 0 Å². The summed E-state index contributed by atoms with van der Waals surface area (Å²) in [4.78, 5) is 33.0. The molecule has 0 unspecified atom stereocenters. The third-order valence-corrected chi connectivity index (χ3v) is 5.69. The molecule has 3 aromatic rings. The van der Waals surface area contributed by atoms with Crippen LogP contribution in [0.15, 0.2) is 71.3 Å². The van der Waals surface area contributed by atoms with E-state index in [0.29, 0.717) is 30.2 Å². The Kier molecular flexibility index (Phi) is 6.18. The Bertz CT molecular complexity index is 1080. The Labute approximate surface area is 188 Å². The molecule has 158 valence electrons. The van der Waals surface area contributed by atoms with Gasteiger partial charge in [-0.1, -0.05) is 34.1 Å². The van der Waals surface area contributed by atoms with Crippen LogP contribution in [0.3, 0.4) is 0 Å². The van der Waals surface area contributed by atoms with Crippen LogP contribution < -0.4 is 15.1 Å². The number of anilines is 3. The fourth-order valence-corrected chi connectivity index (χ4v) is 3.82. The fraction of sp³-hybridized carbons (Fsp3) is 0.174. The maximum Gasteiger partial charge on any atom is 0.339 e. The van der Waals surface area contributed by atoms with Crippen molar-refractivity contribution in [3.63, 3.8) is 0 Å². The zero-order valence-corrected chi connectivity index (χ0v) is 18.2. The number of pyridine rings is 1. The van der Waals surface area contributed by atoms with Crippen molar-refractivity contribution in [2.75, 3.05) is 41.3 Å². The van der Waals surface area contributed by atoms with Crippen molar-refractivity contribution in [1.82, 2.24) is 4.98 Å². The predicted molar refractivity (Wildman–Crippen MR) is 124 cm³/mol. The number of aromatic nitrogens is 1. The van der Waals surface area contributed by atoms with Crippen LogP contribution in [-0.4, -0.2) is 48.1 Å². The number of carbonyl (C=O) groups is 2.